The first-order valence-corrected chi connectivity index (χ1v) is 5.06. The Kier molecular flexibility index (Phi) is 4.36. The van der Waals surface area contributed by atoms with Crippen LogP contribution in [0.2, 0.25) is 0 Å². The summed E-state index contributed by atoms with van der Waals surface area (Å²) >= 11 is 0. The van der Waals surface area contributed by atoms with E-state index in [0.717, 1.165) is 0 Å². The first-order chi connectivity index (χ1) is 7.08. The molecular formula is C9H17N5O. The number of carbonyl (C=O) groups is 1. The van der Waals surface area contributed by atoms with Crippen LogP contribution in [-0.4, -0.2) is 38.6 Å². The molecule has 0 unspecified atom stereocenters. The monoisotopic (exact) mass is 211 g/mol. The third-order valence-electron chi connectivity index (χ3n) is 1.86. The van der Waals surface area contributed by atoms with Crippen LogP contribution in [0.25, 0.3) is 0 Å². The molecule has 0 amide bonds. The number of aryl methyl sites for hydroxylation is 1. The van der Waals surface area contributed by atoms with Gasteiger partial charge in [0.15, 0.2) is 5.82 Å². The highest BCUT2D eigenvalue weighted by atomic mass is 16.1. The van der Waals surface area contributed by atoms with E-state index < -0.39 is 0 Å². The topological polar surface area (TPSA) is 72.7 Å². The Morgan fingerprint density at radius 1 is 1.53 bits per heavy atom. The number of carbonyl (C=O) groups excluding carboxylic acids is 1. The molecule has 0 bridgehead atoms. The highest BCUT2D eigenvalue weighted by Gasteiger charge is 2.08. The molecule has 1 aromatic rings. The minimum Gasteiger partial charge on any atom is -0.314 e. The standard InChI is InChI=1S/C9H17N5O/c1-7(2)10-5-4-8(15)6-9-11-13-14(3)12-9/h7,10H,4-6H2,1-3H3. The van der Waals surface area contributed by atoms with Gasteiger partial charge in [0.25, 0.3) is 0 Å². The Hall–Kier alpha value is -1.30. The lowest BCUT2D eigenvalue weighted by Crippen LogP contribution is -2.25. The van der Waals surface area contributed by atoms with Gasteiger partial charge in [0.05, 0.1) is 13.5 Å². The summed E-state index contributed by atoms with van der Waals surface area (Å²) in [6.45, 7) is 4.81. The molecule has 0 spiro atoms. The van der Waals surface area contributed by atoms with Crippen LogP contribution in [0.4, 0.5) is 0 Å². The van der Waals surface area contributed by atoms with E-state index in [2.05, 4.69) is 34.6 Å². The molecule has 1 aromatic heterocycles. The summed E-state index contributed by atoms with van der Waals surface area (Å²) < 4.78 is 0. The third kappa shape index (κ3) is 4.64. The van der Waals surface area contributed by atoms with Crippen LogP contribution < -0.4 is 5.32 Å². The van der Waals surface area contributed by atoms with Gasteiger partial charge in [-0.05, 0) is 5.21 Å². The first kappa shape index (κ1) is 11.8. The number of nitrogens with zero attached hydrogens (tertiary/aromatic N) is 4. The minimum absolute atomic E-state index is 0.135. The zero-order valence-electron chi connectivity index (χ0n) is 9.40. The molecule has 0 aliphatic rings. The van der Waals surface area contributed by atoms with Gasteiger partial charge in [-0.1, -0.05) is 13.8 Å². The van der Waals surface area contributed by atoms with Crippen LogP contribution in [-0.2, 0) is 18.3 Å². The largest absolute Gasteiger partial charge is 0.314 e. The molecule has 1 rings (SSSR count). The molecule has 1 N–H and O–H groups in total. The molecule has 1 heterocycles. The van der Waals surface area contributed by atoms with Gasteiger partial charge in [-0.3, -0.25) is 4.79 Å². The van der Waals surface area contributed by atoms with Crippen molar-refractivity contribution in [1.82, 2.24) is 25.5 Å². The summed E-state index contributed by atoms with van der Waals surface area (Å²) in [5, 5.41) is 14.6. The number of ketones is 1. The molecule has 6 heteroatoms. The number of rotatable bonds is 6. The number of Topliss-reactive ketones (excluding diaryl/α,β-unsaturated/α-hetero) is 1. The molecule has 0 aliphatic heterocycles. The number of nitrogens with one attached hydrogen (secondary N) is 1. The smallest absolute Gasteiger partial charge is 0.182 e. The average molecular weight is 211 g/mol. The molecule has 0 atom stereocenters. The van der Waals surface area contributed by atoms with E-state index in [4.69, 9.17) is 0 Å². The molecule has 0 saturated carbocycles. The molecular weight excluding hydrogens is 194 g/mol. The first-order valence-electron chi connectivity index (χ1n) is 5.06. The molecule has 0 aliphatic carbocycles. The maximum absolute atomic E-state index is 11.4. The highest BCUT2D eigenvalue weighted by molar-refractivity contribution is 5.80. The Morgan fingerprint density at radius 2 is 2.27 bits per heavy atom. The number of tetrazole rings is 1. The Bertz CT molecular complexity index is 320. The summed E-state index contributed by atoms with van der Waals surface area (Å²) in [5.41, 5.74) is 0. The van der Waals surface area contributed by atoms with Gasteiger partial charge in [-0.25, -0.2) is 0 Å². The number of aromatic nitrogens is 4. The van der Waals surface area contributed by atoms with Gasteiger partial charge in [0.2, 0.25) is 0 Å². The SMILES string of the molecule is CC(C)NCCC(=O)Cc1nnn(C)n1. The lowest BCUT2D eigenvalue weighted by molar-refractivity contribution is -0.118. The van der Waals surface area contributed by atoms with Crippen molar-refractivity contribution < 1.29 is 4.79 Å². The fraction of sp³-hybridized carbons (Fsp3) is 0.778. The highest BCUT2D eigenvalue weighted by Crippen LogP contribution is 1.93. The Morgan fingerprint density at radius 3 is 2.80 bits per heavy atom. The van der Waals surface area contributed by atoms with E-state index in [1.54, 1.807) is 7.05 Å². The van der Waals surface area contributed by atoms with E-state index in [-0.39, 0.29) is 12.2 Å². The van der Waals surface area contributed by atoms with Crippen molar-refractivity contribution in [3.05, 3.63) is 5.82 Å². The Labute approximate surface area is 89.0 Å². The van der Waals surface area contributed by atoms with Crippen molar-refractivity contribution in [2.45, 2.75) is 32.7 Å². The van der Waals surface area contributed by atoms with Crippen molar-refractivity contribution in [2.24, 2.45) is 7.05 Å². The second-order valence-corrected chi connectivity index (χ2v) is 3.77. The molecule has 0 fully saturated rings. The van der Waals surface area contributed by atoms with Crippen LogP contribution in [0.15, 0.2) is 0 Å². The van der Waals surface area contributed by atoms with Gasteiger partial charge >= 0.3 is 0 Å². The molecule has 0 radical (unpaired) electrons. The average Bonchev–Trinajstić information content (AvgIpc) is 2.50. The summed E-state index contributed by atoms with van der Waals surface area (Å²) in [6, 6.07) is 0.410. The summed E-state index contributed by atoms with van der Waals surface area (Å²) in [5.74, 6) is 0.628. The predicted octanol–water partition coefficient (Wildman–Crippen LogP) is -0.290. The van der Waals surface area contributed by atoms with E-state index in [1.165, 1.54) is 4.80 Å². The zero-order chi connectivity index (χ0) is 11.3. The summed E-state index contributed by atoms with van der Waals surface area (Å²) in [7, 11) is 1.68. The fourth-order valence-electron chi connectivity index (χ4n) is 1.16. The van der Waals surface area contributed by atoms with E-state index in [0.29, 0.717) is 24.8 Å². The number of hydrogen-bond acceptors (Lipinski definition) is 5. The molecule has 84 valence electrons. The van der Waals surface area contributed by atoms with Crippen molar-refractivity contribution in [2.75, 3.05) is 6.54 Å². The second kappa shape index (κ2) is 5.55. The molecule has 15 heavy (non-hydrogen) atoms. The van der Waals surface area contributed by atoms with Gasteiger partial charge in [-0.15, -0.1) is 10.2 Å². The van der Waals surface area contributed by atoms with Crippen LogP contribution in [0, 0.1) is 0 Å². The lowest BCUT2D eigenvalue weighted by Gasteiger charge is -2.05. The lowest BCUT2D eigenvalue weighted by atomic mass is 10.2. The second-order valence-electron chi connectivity index (χ2n) is 3.77. The van der Waals surface area contributed by atoms with Gasteiger partial charge in [0.1, 0.15) is 5.78 Å². The number of hydrogen-bond donors (Lipinski definition) is 1. The quantitative estimate of drug-likeness (QED) is 0.700. The molecule has 0 aromatic carbocycles. The van der Waals surface area contributed by atoms with Crippen molar-refractivity contribution in [3.8, 4) is 0 Å². The van der Waals surface area contributed by atoms with Crippen molar-refractivity contribution in [3.63, 3.8) is 0 Å². The Balaban J connectivity index is 2.24. The maximum Gasteiger partial charge on any atom is 0.182 e. The van der Waals surface area contributed by atoms with Crippen molar-refractivity contribution >= 4 is 5.78 Å². The van der Waals surface area contributed by atoms with Gasteiger partial charge < -0.3 is 5.32 Å². The van der Waals surface area contributed by atoms with Gasteiger partial charge in [0, 0.05) is 19.0 Å². The summed E-state index contributed by atoms with van der Waals surface area (Å²) in [6.07, 6.45) is 0.782. The fourth-order valence-corrected chi connectivity index (χ4v) is 1.16. The third-order valence-corrected chi connectivity index (χ3v) is 1.86. The zero-order valence-corrected chi connectivity index (χ0v) is 9.40. The van der Waals surface area contributed by atoms with Crippen LogP contribution >= 0.6 is 0 Å². The van der Waals surface area contributed by atoms with Gasteiger partial charge in [-0.2, -0.15) is 4.80 Å². The van der Waals surface area contributed by atoms with Crippen LogP contribution in [0.5, 0.6) is 0 Å². The van der Waals surface area contributed by atoms with E-state index in [9.17, 15) is 4.79 Å². The maximum atomic E-state index is 11.4. The van der Waals surface area contributed by atoms with Crippen LogP contribution in [0.3, 0.4) is 0 Å². The van der Waals surface area contributed by atoms with Crippen LogP contribution in [0.1, 0.15) is 26.1 Å². The van der Waals surface area contributed by atoms with E-state index in [1.807, 2.05) is 0 Å². The summed E-state index contributed by atoms with van der Waals surface area (Å²) in [4.78, 5) is 12.8. The molecule has 6 nitrogen and oxygen atoms in total. The van der Waals surface area contributed by atoms with Crippen molar-refractivity contribution in [1.29, 1.82) is 0 Å². The minimum atomic E-state index is 0.135. The predicted molar refractivity (Wildman–Crippen MR) is 55.3 cm³/mol. The normalized spacial score (nSPS) is 10.9. The van der Waals surface area contributed by atoms with E-state index >= 15 is 0 Å². The molecule has 0 saturated heterocycles.